The van der Waals surface area contributed by atoms with Gasteiger partial charge in [-0.1, -0.05) is 0 Å². The van der Waals surface area contributed by atoms with E-state index >= 15 is 0 Å². The van der Waals surface area contributed by atoms with Crippen molar-refractivity contribution in [1.82, 2.24) is 0 Å². The molecule has 0 aliphatic heterocycles. The number of hydrogen-bond donors (Lipinski definition) is 0. The van der Waals surface area contributed by atoms with Crippen LogP contribution in [0.5, 0.6) is 11.5 Å². The summed E-state index contributed by atoms with van der Waals surface area (Å²) in [5, 5.41) is 0. The molecule has 0 radical (unpaired) electrons. The van der Waals surface area contributed by atoms with Gasteiger partial charge in [0, 0.05) is 13.5 Å². The molecule has 0 bridgehead atoms. The van der Waals surface area contributed by atoms with Crippen molar-refractivity contribution in [3.8, 4) is 11.5 Å². The van der Waals surface area contributed by atoms with Crippen LogP contribution in [0, 0.1) is 0 Å². The number of halogens is 4. The summed E-state index contributed by atoms with van der Waals surface area (Å²) in [6, 6.07) is 4.20. The fourth-order valence-corrected chi connectivity index (χ4v) is 2.82. The Kier molecular flexibility index (Phi) is 5.37. The molecule has 0 heterocycles. The molecule has 1 saturated carbocycles. The van der Waals surface area contributed by atoms with E-state index in [2.05, 4.69) is 20.7 Å². The maximum atomic E-state index is 12.2. The van der Waals surface area contributed by atoms with Gasteiger partial charge in [-0.15, -0.1) is 13.2 Å². The van der Waals surface area contributed by atoms with Crippen molar-refractivity contribution in [2.24, 2.45) is 0 Å². The highest BCUT2D eigenvalue weighted by molar-refractivity contribution is 9.10. The van der Waals surface area contributed by atoms with E-state index in [9.17, 15) is 13.2 Å². The number of rotatable bonds is 4. The van der Waals surface area contributed by atoms with Crippen molar-refractivity contribution < 1.29 is 27.4 Å². The first kappa shape index (κ1) is 16.4. The average molecular weight is 369 g/mol. The van der Waals surface area contributed by atoms with Crippen LogP contribution in [0.25, 0.3) is 0 Å². The molecule has 0 saturated heterocycles. The Hall–Kier alpha value is -0.950. The third kappa shape index (κ3) is 5.07. The lowest BCUT2D eigenvalue weighted by Crippen LogP contribution is -2.29. The van der Waals surface area contributed by atoms with Crippen LogP contribution < -0.4 is 9.47 Å². The number of ether oxygens (including phenoxy) is 3. The standard InChI is InChI=1S/C14H16BrF3O3/c1-19-9-3-2-4-10(7-9)20-11-5-6-13(12(15)8-11)21-14(16,17)18/h5-6,8-10H,2-4,7H2,1H3. The van der Waals surface area contributed by atoms with Crippen LogP contribution in [0.3, 0.4) is 0 Å². The zero-order valence-electron chi connectivity index (χ0n) is 11.5. The molecule has 2 unspecified atom stereocenters. The lowest BCUT2D eigenvalue weighted by atomic mass is 9.95. The predicted molar refractivity (Wildman–Crippen MR) is 74.5 cm³/mol. The molecule has 7 heteroatoms. The predicted octanol–water partition coefficient (Wildman–Crippen LogP) is 4.68. The first-order valence-electron chi connectivity index (χ1n) is 6.62. The zero-order chi connectivity index (χ0) is 15.5. The summed E-state index contributed by atoms with van der Waals surface area (Å²) in [6.07, 6.45) is -0.782. The van der Waals surface area contributed by atoms with E-state index in [1.165, 1.54) is 18.2 Å². The van der Waals surface area contributed by atoms with Crippen LogP contribution >= 0.6 is 15.9 Å². The molecule has 2 rings (SSSR count). The van der Waals surface area contributed by atoms with Crippen molar-refractivity contribution >= 4 is 15.9 Å². The summed E-state index contributed by atoms with van der Waals surface area (Å²) in [5.41, 5.74) is 0. The van der Waals surface area contributed by atoms with Gasteiger partial charge in [0.1, 0.15) is 17.6 Å². The molecule has 1 aliphatic rings. The fourth-order valence-electron chi connectivity index (χ4n) is 2.38. The monoisotopic (exact) mass is 368 g/mol. The second-order valence-corrected chi connectivity index (χ2v) is 5.76. The average Bonchev–Trinajstić information content (AvgIpc) is 2.41. The highest BCUT2D eigenvalue weighted by atomic mass is 79.9. The van der Waals surface area contributed by atoms with Gasteiger partial charge in [0.15, 0.2) is 0 Å². The van der Waals surface area contributed by atoms with E-state index in [1.807, 2.05) is 0 Å². The van der Waals surface area contributed by atoms with Crippen molar-refractivity contribution in [2.75, 3.05) is 7.11 Å². The van der Waals surface area contributed by atoms with Gasteiger partial charge >= 0.3 is 6.36 Å². The van der Waals surface area contributed by atoms with E-state index in [-0.39, 0.29) is 22.4 Å². The molecule has 0 spiro atoms. The molecular weight excluding hydrogens is 353 g/mol. The van der Waals surface area contributed by atoms with Crippen LogP contribution in [0.15, 0.2) is 22.7 Å². The maximum Gasteiger partial charge on any atom is 0.573 e. The van der Waals surface area contributed by atoms with Gasteiger partial charge in [-0.05, 0) is 53.4 Å². The minimum atomic E-state index is -4.71. The molecule has 2 atom stereocenters. The van der Waals surface area contributed by atoms with Crippen LogP contribution in [0.2, 0.25) is 0 Å². The Morgan fingerprint density at radius 1 is 1.19 bits per heavy atom. The van der Waals surface area contributed by atoms with Crippen LogP contribution in [-0.4, -0.2) is 25.7 Å². The molecule has 0 amide bonds. The Balaban J connectivity index is 2.00. The van der Waals surface area contributed by atoms with E-state index in [0.717, 1.165) is 25.7 Å². The van der Waals surface area contributed by atoms with Crippen LogP contribution in [0.4, 0.5) is 13.2 Å². The van der Waals surface area contributed by atoms with Crippen molar-refractivity contribution in [2.45, 2.75) is 44.3 Å². The second-order valence-electron chi connectivity index (χ2n) is 4.90. The molecule has 1 aliphatic carbocycles. The van der Waals surface area contributed by atoms with Gasteiger partial charge in [-0.3, -0.25) is 0 Å². The van der Waals surface area contributed by atoms with Crippen molar-refractivity contribution in [3.05, 3.63) is 22.7 Å². The van der Waals surface area contributed by atoms with Gasteiger partial charge in [0.25, 0.3) is 0 Å². The maximum absolute atomic E-state index is 12.2. The molecule has 118 valence electrons. The lowest BCUT2D eigenvalue weighted by molar-refractivity contribution is -0.274. The van der Waals surface area contributed by atoms with E-state index in [0.29, 0.717) is 5.75 Å². The van der Waals surface area contributed by atoms with Crippen molar-refractivity contribution in [1.29, 1.82) is 0 Å². The first-order valence-corrected chi connectivity index (χ1v) is 7.41. The zero-order valence-corrected chi connectivity index (χ0v) is 13.0. The minimum absolute atomic E-state index is 0.0185. The number of methoxy groups -OCH3 is 1. The Morgan fingerprint density at radius 2 is 1.90 bits per heavy atom. The summed E-state index contributed by atoms with van der Waals surface area (Å²) < 4.78 is 51.8. The van der Waals surface area contributed by atoms with Crippen LogP contribution in [0.1, 0.15) is 25.7 Å². The minimum Gasteiger partial charge on any atom is -0.490 e. The molecule has 1 aromatic carbocycles. The van der Waals surface area contributed by atoms with E-state index in [1.54, 1.807) is 7.11 Å². The summed E-state index contributed by atoms with van der Waals surface area (Å²) in [7, 11) is 1.67. The largest absolute Gasteiger partial charge is 0.573 e. The van der Waals surface area contributed by atoms with Gasteiger partial charge in [-0.25, -0.2) is 0 Å². The molecule has 0 N–H and O–H groups in total. The molecule has 0 aromatic heterocycles. The summed E-state index contributed by atoms with van der Waals surface area (Å²) in [4.78, 5) is 0. The highest BCUT2D eigenvalue weighted by Gasteiger charge is 2.32. The Labute approximate surface area is 129 Å². The third-order valence-electron chi connectivity index (χ3n) is 3.34. The number of alkyl halides is 3. The van der Waals surface area contributed by atoms with E-state index in [4.69, 9.17) is 9.47 Å². The van der Waals surface area contributed by atoms with Gasteiger partial charge < -0.3 is 14.2 Å². The smallest absolute Gasteiger partial charge is 0.490 e. The lowest BCUT2D eigenvalue weighted by Gasteiger charge is -2.28. The Bertz CT molecular complexity index is 479. The molecule has 3 nitrogen and oxygen atoms in total. The topological polar surface area (TPSA) is 27.7 Å². The van der Waals surface area contributed by atoms with Gasteiger partial charge in [0.05, 0.1) is 10.6 Å². The SMILES string of the molecule is COC1CCCC(Oc2ccc(OC(F)(F)F)c(Br)c2)C1. The van der Waals surface area contributed by atoms with Crippen LogP contribution in [-0.2, 0) is 4.74 Å². The second kappa shape index (κ2) is 6.87. The summed E-state index contributed by atoms with van der Waals surface area (Å²) >= 11 is 3.06. The van der Waals surface area contributed by atoms with Gasteiger partial charge in [0.2, 0.25) is 0 Å². The third-order valence-corrected chi connectivity index (χ3v) is 3.96. The molecule has 1 fully saturated rings. The Morgan fingerprint density at radius 3 is 2.52 bits per heavy atom. The molecular formula is C14H16BrF3O3. The number of hydrogen-bond acceptors (Lipinski definition) is 3. The normalized spacial score (nSPS) is 22.9. The molecule has 1 aromatic rings. The highest BCUT2D eigenvalue weighted by Crippen LogP contribution is 2.34. The fraction of sp³-hybridized carbons (Fsp3) is 0.571. The summed E-state index contributed by atoms with van der Waals surface area (Å²) in [6.45, 7) is 0. The molecule has 21 heavy (non-hydrogen) atoms. The summed E-state index contributed by atoms with van der Waals surface area (Å²) in [5.74, 6) is 0.228. The van der Waals surface area contributed by atoms with E-state index < -0.39 is 6.36 Å². The van der Waals surface area contributed by atoms with Crippen molar-refractivity contribution in [3.63, 3.8) is 0 Å². The number of benzene rings is 1. The quantitative estimate of drug-likeness (QED) is 0.771. The van der Waals surface area contributed by atoms with Gasteiger partial charge in [-0.2, -0.15) is 0 Å². The first-order chi connectivity index (χ1) is 9.87.